The number of carbonyl (C=O) groups is 2. The van der Waals surface area contributed by atoms with Crippen molar-refractivity contribution in [3.63, 3.8) is 0 Å². The Morgan fingerprint density at radius 1 is 1.29 bits per heavy atom. The van der Waals surface area contributed by atoms with Gasteiger partial charge in [-0.3, -0.25) is 4.79 Å². The molecule has 2 fully saturated rings. The lowest BCUT2D eigenvalue weighted by Crippen LogP contribution is -2.45. The van der Waals surface area contributed by atoms with Crippen molar-refractivity contribution in [3.8, 4) is 11.1 Å². The van der Waals surface area contributed by atoms with Gasteiger partial charge in [-0.05, 0) is 61.4 Å². The number of amides is 1. The van der Waals surface area contributed by atoms with E-state index in [-0.39, 0.29) is 30.1 Å². The minimum Gasteiger partial charge on any atom is -0.465 e. The van der Waals surface area contributed by atoms with E-state index >= 15 is 4.39 Å². The Kier molecular flexibility index (Phi) is 9.37. The van der Waals surface area contributed by atoms with E-state index in [2.05, 4.69) is 17.6 Å². The number of carboxylic acid groups (broad SMARTS) is 1. The second kappa shape index (κ2) is 12.2. The maximum absolute atomic E-state index is 15.1. The van der Waals surface area contributed by atoms with E-state index < -0.39 is 11.7 Å². The first-order valence-corrected chi connectivity index (χ1v) is 12.3. The zero-order chi connectivity index (χ0) is 25.4. The Labute approximate surface area is 205 Å². The highest BCUT2D eigenvalue weighted by molar-refractivity contribution is 5.99. The van der Waals surface area contributed by atoms with Crippen LogP contribution < -0.4 is 16.4 Å². The van der Waals surface area contributed by atoms with E-state index in [0.29, 0.717) is 36.9 Å². The molecule has 1 saturated heterocycles. The average molecular weight is 486 g/mol. The number of aliphatic hydroxyl groups is 1. The summed E-state index contributed by atoms with van der Waals surface area (Å²) in [6.45, 7) is 3.85. The summed E-state index contributed by atoms with van der Waals surface area (Å²) in [4.78, 5) is 20.6. The molecule has 4 rings (SSSR count). The molecular formula is C27H36FN3O4. The number of benzene rings is 2. The molecule has 1 amide bonds. The summed E-state index contributed by atoms with van der Waals surface area (Å²) in [6.07, 6.45) is 2.96. The molecule has 2 aromatic rings. The van der Waals surface area contributed by atoms with Gasteiger partial charge in [-0.2, -0.15) is 0 Å². The van der Waals surface area contributed by atoms with Crippen LogP contribution in [0.25, 0.3) is 11.1 Å². The Balaban J connectivity index is 0.000000607. The van der Waals surface area contributed by atoms with Gasteiger partial charge in [0.25, 0.3) is 0 Å². The fraction of sp³-hybridized carbons (Fsp3) is 0.481. The van der Waals surface area contributed by atoms with Crippen LogP contribution in [0.3, 0.4) is 0 Å². The van der Waals surface area contributed by atoms with Crippen molar-refractivity contribution in [1.29, 1.82) is 0 Å². The highest BCUT2D eigenvalue weighted by atomic mass is 19.1. The summed E-state index contributed by atoms with van der Waals surface area (Å²) in [5, 5.41) is 26.5. The van der Waals surface area contributed by atoms with Crippen LogP contribution in [0.5, 0.6) is 0 Å². The fourth-order valence-electron chi connectivity index (χ4n) is 4.65. The third-order valence-corrected chi connectivity index (χ3v) is 6.76. The minimum absolute atomic E-state index is 0.0778. The second-order valence-corrected chi connectivity index (χ2v) is 9.30. The van der Waals surface area contributed by atoms with Crippen molar-refractivity contribution in [3.05, 3.63) is 59.4 Å². The lowest BCUT2D eigenvalue weighted by molar-refractivity contribution is -0.110. The third-order valence-electron chi connectivity index (χ3n) is 6.76. The molecule has 35 heavy (non-hydrogen) atoms. The lowest BCUT2D eigenvalue weighted by Gasteiger charge is -2.40. The Morgan fingerprint density at radius 3 is 2.60 bits per heavy atom. The number of halogens is 1. The van der Waals surface area contributed by atoms with Crippen molar-refractivity contribution >= 4 is 11.9 Å². The number of aryl methyl sites for hydroxylation is 1. The van der Waals surface area contributed by atoms with Crippen molar-refractivity contribution < 1.29 is 24.2 Å². The van der Waals surface area contributed by atoms with Gasteiger partial charge in [0.1, 0.15) is 5.82 Å². The predicted octanol–water partition coefficient (Wildman–Crippen LogP) is 3.58. The average Bonchev–Trinajstić information content (AvgIpc) is 3.53. The van der Waals surface area contributed by atoms with Crippen molar-refractivity contribution in [2.75, 3.05) is 19.6 Å². The Hall–Kier alpha value is -2.81. The second-order valence-electron chi connectivity index (χ2n) is 9.30. The van der Waals surface area contributed by atoms with Gasteiger partial charge in [0, 0.05) is 31.0 Å². The normalized spacial score (nSPS) is 20.9. The summed E-state index contributed by atoms with van der Waals surface area (Å²) < 4.78 is 15.1. The Morgan fingerprint density at radius 2 is 2.00 bits per heavy atom. The molecule has 3 unspecified atom stereocenters. The lowest BCUT2D eigenvalue weighted by atomic mass is 9.72. The highest BCUT2D eigenvalue weighted by Crippen LogP contribution is 2.43. The van der Waals surface area contributed by atoms with Crippen LogP contribution in [-0.2, 0) is 16.8 Å². The molecule has 2 aliphatic rings. The number of piperidine rings is 1. The Bertz CT molecular complexity index is 1030. The number of carbonyl (C=O) groups excluding carboxylic acids is 1. The van der Waals surface area contributed by atoms with Crippen molar-refractivity contribution in [2.24, 2.45) is 11.7 Å². The number of hydrogen-bond donors (Lipinski definition) is 5. The van der Waals surface area contributed by atoms with E-state index in [4.69, 9.17) is 10.8 Å². The minimum atomic E-state index is -1.26. The number of hydrogen-bond acceptors (Lipinski definition) is 5. The van der Waals surface area contributed by atoms with Crippen LogP contribution in [0.1, 0.15) is 50.2 Å². The summed E-state index contributed by atoms with van der Waals surface area (Å²) in [5.74, 6) is -0.234. The van der Waals surface area contributed by atoms with Crippen molar-refractivity contribution in [2.45, 2.75) is 57.1 Å². The monoisotopic (exact) mass is 485 g/mol. The van der Waals surface area contributed by atoms with Gasteiger partial charge in [-0.1, -0.05) is 43.3 Å². The van der Waals surface area contributed by atoms with E-state index in [0.717, 1.165) is 36.9 Å². The fourth-order valence-corrected chi connectivity index (χ4v) is 4.65. The van der Waals surface area contributed by atoms with Gasteiger partial charge < -0.3 is 26.6 Å². The smallest absolute Gasteiger partial charge is 0.404 e. The molecule has 1 aliphatic heterocycles. The molecule has 3 atom stereocenters. The summed E-state index contributed by atoms with van der Waals surface area (Å²) in [7, 11) is 0. The molecule has 1 heterocycles. The van der Waals surface area contributed by atoms with Crippen LogP contribution in [-0.4, -0.2) is 47.8 Å². The van der Waals surface area contributed by atoms with E-state index in [9.17, 15) is 14.7 Å². The van der Waals surface area contributed by atoms with Crippen LogP contribution in [0, 0.1) is 11.7 Å². The number of rotatable bonds is 8. The van der Waals surface area contributed by atoms with Crippen LogP contribution in [0.4, 0.5) is 9.18 Å². The molecule has 0 spiro atoms. The molecular weight excluding hydrogens is 449 g/mol. The molecule has 1 saturated carbocycles. The largest absolute Gasteiger partial charge is 0.465 e. The van der Waals surface area contributed by atoms with E-state index in [1.165, 1.54) is 6.07 Å². The number of Topliss-reactive ketones (excluding diaryl/α,β-unsaturated/α-hetero) is 1. The summed E-state index contributed by atoms with van der Waals surface area (Å²) >= 11 is 0. The number of ketones is 1. The number of nitrogens with one attached hydrogen (secondary N) is 2. The van der Waals surface area contributed by atoms with E-state index in [1.807, 2.05) is 30.3 Å². The topological polar surface area (TPSA) is 125 Å². The van der Waals surface area contributed by atoms with Crippen molar-refractivity contribution in [1.82, 2.24) is 10.6 Å². The quantitative estimate of drug-likeness (QED) is 0.364. The molecule has 6 N–H and O–H groups in total. The molecule has 8 heteroatoms. The third kappa shape index (κ3) is 7.10. The van der Waals surface area contributed by atoms with Gasteiger partial charge in [-0.25, -0.2) is 9.18 Å². The molecule has 0 bridgehead atoms. The first-order chi connectivity index (χ1) is 16.8. The van der Waals surface area contributed by atoms with Gasteiger partial charge in [0.05, 0.1) is 11.6 Å². The molecule has 2 aromatic carbocycles. The van der Waals surface area contributed by atoms with Gasteiger partial charge >= 0.3 is 6.09 Å². The molecule has 7 nitrogen and oxygen atoms in total. The zero-order valence-electron chi connectivity index (χ0n) is 20.2. The number of nitrogens with two attached hydrogens (primary N) is 1. The van der Waals surface area contributed by atoms with E-state index in [1.54, 1.807) is 6.07 Å². The van der Waals surface area contributed by atoms with Crippen LogP contribution in [0.2, 0.25) is 0 Å². The predicted molar refractivity (Wildman–Crippen MR) is 134 cm³/mol. The molecule has 0 radical (unpaired) electrons. The molecule has 1 aliphatic carbocycles. The maximum atomic E-state index is 15.1. The molecule has 0 aromatic heterocycles. The van der Waals surface area contributed by atoms with Crippen LogP contribution in [0.15, 0.2) is 42.5 Å². The summed E-state index contributed by atoms with van der Waals surface area (Å²) in [6, 6.07) is 12.6. The zero-order valence-corrected chi connectivity index (χ0v) is 20.2. The van der Waals surface area contributed by atoms with Crippen LogP contribution >= 0.6 is 0 Å². The first-order valence-electron chi connectivity index (χ1n) is 12.3. The van der Waals surface area contributed by atoms with Gasteiger partial charge in [0.2, 0.25) is 0 Å². The van der Waals surface area contributed by atoms with Gasteiger partial charge in [0.15, 0.2) is 5.78 Å². The summed E-state index contributed by atoms with van der Waals surface area (Å²) in [5.41, 5.74) is 6.64. The standard InChI is InChI=1S/C24H31FN2O3.C3H5NO/c1-2-17-7-3-8-18(15-17)22-20(10-4-11-21(22)25)24(30,12-6-14-27-23(28)29)19-9-5-13-26-16-19;4-2-1-3(2)5/h3-4,7-8,10-11,15,19,26-27,30H,2,5-6,9,12-14,16H2,1H3,(H,28,29);2H,1,4H2. The SMILES string of the molecule is CCc1cccc(-c2c(F)cccc2C(O)(CCCNC(=O)O)C2CCCNC2)c1.NC1CC1=O. The maximum Gasteiger partial charge on any atom is 0.404 e. The highest BCUT2D eigenvalue weighted by Gasteiger charge is 2.40. The first kappa shape index (κ1) is 26.8. The van der Waals surface area contributed by atoms with Gasteiger partial charge in [-0.15, -0.1) is 0 Å². The molecule has 190 valence electrons.